The maximum atomic E-state index is 13.8. The van der Waals surface area contributed by atoms with Crippen molar-refractivity contribution in [3.8, 4) is 11.1 Å². The van der Waals surface area contributed by atoms with Crippen LogP contribution in [-0.4, -0.2) is 11.2 Å². The van der Waals surface area contributed by atoms with E-state index in [0.717, 1.165) is 23.3 Å². The van der Waals surface area contributed by atoms with Crippen molar-refractivity contribution in [3.63, 3.8) is 0 Å². The molecule has 1 amide bonds. The van der Waals surface area contributed by atoms with Gasteiger partial charge in [-0.3, -0.25) is 0 Å². The number of nitrogens with one attached hydrogen (secondary N) is 1. The van der Waals surface area contributed by atoms with E-state index in [2.05, 4.69) is 5.32 Å². The molecule has 3 rings (SSSR count). The molecule has 1 atom stereocenters. The summed E-state index contributed by atoms with van der Waals surface area (Å²) in [5, 5.41) is 11.3. The second kappa shape index (κ2) is 5.16. The largest absolute Gasteiger partial charge is 0.465 e. The predicted molar refractivity (Wildman–Crippen MR) is 74.0 cm³/mol. The highest BCUT2D eigenvalue weighted by molar-refractivity contribution is 5.68. The van der Waals surface area contributed by atoms with Crippen LogP contribution in [0.15, 0.2) is 36.4 Å². The minimum absolute atomic E-state index is 0.215. The average Bonchev–Trinajstić information content (AvgIpc) is 2.83. The molecule has 1 aliphatic carbocycles. The molecule has 0 aliphatic heterocycles. The van der Waals surface area contributed by atoms with Gasteiger partial charge in [0.05, 0.1) is 6.04 Å². The van der Waals surface area contributed by atoms with Crippen molar-refractivity contribution in [2.75, 3.05) is 0 Å². The fraction of sp³-hybridized carbons (Fsp3) is 0.188. The van der Waals surface area contributed by atoms with Gasteiger partial charge in [-0.05, 0) is 47.7 Å². The fourth-order valence-electron chi connectivity index (χ4n) is 2.80. The summed E-state index contributed by atoms with van der Waals surface area (Å²) in [5.41, 5.74) is 2.68. The summed E-state index contributed by atoms with van der Waals surface area (Å²) < 4.78 is 27.1. The van der Waals surface area contributed by atoms with Crippen LogP contribution in [0.1, 0.15) is 23.6 Å². The summed E-state index contributed by atoms with van der Waals surface area (Å²) in [4.78, 5) is 10.7. The van der Waals surface area contributed by atoms with E-state index in [1.165, 1.54) is 6.07 Å². The molecular formula is C16H13F2NO2. The Morgan fingerprint density at radius 3 is 2.76 bits per heavy atom. The molecule has 108 valence electrons. The molecule has 5 heteroatoms. The van der Waals surface area contributed by atoms with E-state index in [9.17, 15) is 13.6 Å². The molecule has 0 radical (unpaired) electrons. The van der Waals surface area contributed by atoms with Crippen molar-refractivity contribution < 1.29 is 18.7 Å². The third-order valence-corrected chi connectivity index (χ3v) is 3.76. The number of halogens is 2. The smallest absolute Gasteiger partial charge is 0.405 e. The van der Waals surface area contributed by atoms with Gasteiger partial charge in [0, 0.05) is 5.56 Å². The van der Waals surface area contributed by atoms with Crippen LogP contribution in [0.4, 0.5) is 13.6 Å². The molecule has 0 spiro atoms. The monoisotopic (exact) mass is 289 g/mol. The van der Waals surface area contributed by atoms with Crippen LogP contribution in [0.25, 0.3) is 11.1 Å². The van der Waals surface area contributed by atoms with Crippen LogP contribution in [0.5, 0.6) is 0 Å². The summed E-state index contributed by atoms with van der Waals surface area (Å²) in [5.74, 6) is -0.966. The Kier molecular flexibility index (Phi) is 3.33. The number of aryl methyl sites for hydroxylation is 1. The molecule has 2 aromatic rings. The van der Waals surface area contributed by atoms with Crippen molar-refractivity contribution in [1.29, 1.82) is 0 Å². The lowest BCUT2D eigenvalue weighted by Crippen LogP contribution is -2.24. The molecule has 0 aromatic heterocycles. The molecule has 0 fully saturated rings. The second-order valence-corrected chi connectivity index (χ2v) is 5.08. The number of carboxylic acid groups (broad SMARTS) is 1. The van der Waals surface area contributed by atoms with Crippen LogP contribution in [0.2, 0.25) is 0 Å². The molecular weight excluding hydrogens is 276 g/mol. The third kappa shape index (κ3) is 2.59. The number of fused-ring (bicyclic) bond motifs is 1. The van der Waals surface area contributed by atoms with E-state index in [4.69, 9.17) is 5.11 Å². The number of rotatable bonds is 2. The van der Waals surface area contributed by atoms with E-state index in [0.29, 0.717) is 18.4 Å². The van der Waals surface area contributed by atoms with E-state index < -0.39 is 17.7 Å². The molecule has 2 N–H and O–H groups in total. The lowest BCUT2D eigenvalue weighted by molar-refractivity contribution is 0.190. The average molecular weight is 289 g/mol. The molecule has 0 heterocycles. The number of carbonyl (C=O) groups is 1. The van der Waals surface area contributed by atoms with E-state index in [1.807, 2.05) is 0 Å². The first kappa shape index (κ1) is 13.5. The normalized spacial score (nSPS) is 16.6. The minimum atomic E-state index is -1.06. The summed E-state index contributed by atoms with van der Waals surface area (Å²) >= 11 is 0. The van der Waals surface area contributed by atoms with Crippen molar-refractivity contribution in [1.82, 2.24) is 5.32 Å². The molecule has 2 aromatic carbocycles. The highest BCUT2D eigenvalue weighted by atomic mass is 19.1. The molecule has 0 saturated heterocycles. The van der Waals surface area contributed by atoms with Crippen LogP contribution in [-0.2, 0) is 6.42 Å². The summed E-state index contributed by atoms with van der Waals surface area (Å²) in [6.07, 6.45) is 0.329. The Bertz CT molecular complexity index is 715. The van der Waals surface area contributed by atoms with Gasteiger partial charge < -0.3 is 10.4 Å². The van der Waals surface area contributed by atoms with Gasteiger partial charge in [-0.15, -0.1) is 0 Å². The molecule has 1 unspecified atom stereocenters. The van der Waals surface area contributed by atoms with Gasteiger partial charge in [-0.25, -0.2) is 13.6 Å². The number of amides is 1. The van der Waals surface area contributed by atoms with Crippen LogP contribution < -0.4 is 5.32 Å². The maximum absolute atomic E-state index is 13.8. The van der Waals surface area contributed by atoms with Crippen LogP contribution >= 0.6 is 0 Å². The Labute approximate surface area is 120 Å². The zero-order valence-electron chi connectivity index (χ0n) is 11.1. The zero-order chi connectivity index (χ0) is 15.0. The lowest BCUT2D eigenvalue weighted by Gasteiger charge is -2.12. The SMILES string of the molecule is O=C(O)NC1CCc2cc(-c3cc(F)ccc3F)ccc21. The summed E-state index contributed by atoms with van der Waals surface area (Å²) in [7, 11) is 0. The summed E-state index contributed by atoms with van der Waals surface area (Å²) in [6, 6.07) is 8.40. The fourth-order valence-corrected chi connectivity index (χ4v) is 2.80. The van der Waals surface area contributed by atoms with E-state index in [1.54, 1.807) is 18.2 Å². The Balaban J connectivity index is 1.98. The van der Waals surface area contributed by atoms with Gasteiger partial charge in [-0.1, -0.05) is 18.2 Å². The molecule has 3 nitrogen and oxygen atoms in total. The third-order valence-electron chi connectivity index (χ3n) is 3.76. The first-order valence-corrected chi connectivity index (χ1v) is 6.62. The van der Waals surface area contributed by atoms with Gasteiger partial charge >= 0.3 is 6.09 Å². The first-order valence-electron chi connectivity index (χ1n) is 6.62. The first-order chi connectivity index (χ1) is 10.0. The molecule has 21 heavy (non-hydrogen) atoms. The number of hydrogen-bond donors (Lipinski definition) is 2. The standard InChI is InChI=1S/C16H13F2NO2/c17-11-3-5-14(18)13(8-11)10-1-4-12-9(7-10)2-6-15(12)19-16(20)21/h1,3-5,7-8,15,19H,2,6H2,(H,20,21). The van der Waals surface area contributed by atoms with Gasteiger partial charge in [0.1, 0.15) is 11.6 Å². The number of benzene rings is 2. The lowest BCUT2D eigenvalue weighted by atomic mass is 9.99. The van der Waals surface area contributed by atoms with Crippen LogP contribution in [0, 0.1) is 11.6 Å². The Hall–Kier alpha value is -2.43. The highest BCUT2D eigenvalue weighted by Gasteiger charge is 2.24. The van der Waals surface area contributed by atoms with Crippen molar-refractivity contribution in [2.24, 2.45) is 0 Å². The van der Waals surface area contributed by atoms with E-state index >= 15 is 0 Å². The minimum Gasteiger partial charge on any atom is -0.465 e. The number of hydrogen-bond acceptors (Lipinski definition) is 1. The highest BCUT2D eigenvalue weighted by Crippen LogP contribution is 2.35. The van der Waals surface area contributed by atoms with Crippen molar-refractivity contribution in [3.05, 3.63) is 59.2 Å². The van der Waals surface area contributed by atoms with Crippen molar-refractivity contribution in [2.45, 2.75) is 18.9 Å². The van der Waals surface area contributed by atoms with Gasteiger partial charge in [0.2, 0.25) is 0 Å². The summed E-state index contributed by atoms with van der Waals surface area (Å²) in [6.45, 7) is 0. The Morgan fingerprint density at radius 2 is 2.00 bits per heavy atom. The quantitative estimate of drug-likeness (QED) is 0.881. The maximum Gasteiger partial charge on any atom is 0.405 e. The van der Waals surface area contributed by atoms with Crippen LogP contribution in [0.3, 0.4) is 0 Å². The molecule has 0 bridgehead atoms. The molecule has 0 saturated carbocycles. The predicted octanol–water partition coefficient (Wildman–Crippen LogP) is 3.89. The zero-order valence-corrected chi connectivity index (χ0v) is 11.1. The second-order valence-electron chi connectivity index (χ2n) is 5.08. The van der Waals surface area contributed by atoms with Gasteiger partial charge in [-0.2, -0.15) is 0 Å². The topological polar surface area (TPSA) is 49.3 Å². The molecule has 1 aliphatic rings. The van der Waals surface area contributed by atoms with E-state index in [-0.39, 0.29) is 11.6 Å². The van der Waals surface area contributed by atoms with Gasteiger partial charge in [0.15, 0.2) is 0 Å². The van der Waals surface area contributed by atoms with Gasteiger partial charge in [0.25, 0.3) is 0 Å². The van der Waals surface area contributed by atoms with Crippen molar-refractivity contribution >= 4 is 6.09 Å². The Morgan fingerprint density at radius 1 is 1.19 bits per heavy atom.